The molecule has 2 aliphatic heterocycles. The Hall–Kier alpha value is -3.75. The highest BCUT2D eigenvalue weighted by molar-refractivity contribution is 5.84. The van der Waals surface area contributed by atoms with Crippen molar-refractivity contribution in [2.75, 3.05) is 24.8 Å². The number of para-hydroxylation sites is 2. The molecule has 2 aliphatic rings. The minimum atomic E-state index is -0.874. The summed E-state index contributed by atoms with van der Waals surface area (Å²) in [4.78, 5) is 31.6. The second-order valence-corrected chi connectivity index (χ2v) is 8.21. The number of carbonyl (C=O) groups is 2. The Balaban J connectivity index is 1.09. The van der Waals surface area contributed by atoms with E-state index in [1.807, 2.05) is 41.3 Å². The van der Waals surface area contributed by atoms with Gasteiger partial charge < -0.3 is 28.8 Å². The maximum atomic E-state index is 12.6. The molecule has 0 aliphatic carbocycles. The molecular formula is C24H25N3O6. The van der Waals surface area contributed by atoms with Crippen molar-refractivity contribution in [3.05, 3.63) is 48.0 Å². The molecule has 0 saturated carbocycles. The number of piperidine rings is 1. The summed E-state index contributed by atoms with van der Waals surface area (Å²) in [5, 5.41) is 2.80. The van der Waals surface area contributed by atoms with Crippen LogP contribution in [0.2, 0.25) is 0 Å². The van der Waals surface area contributed by atoms with Gasteiger partial charge in [0.15, 0.2) is 23.2 Å². The van der Waals surface area contributed by atoms with Crippen molar-refractivity contribution in [2.24, 2.45) is 5.92 Å². The van der Waals surface area contributed by atoms with E-state index in [-0.39, 0.29) is 24.6 Å². The van der Waals surface area contributed by atoms with Crippen LogP contribution in [0.4, 0.5) is 6.01 Å². The minimum absolute atomic E-state index is 0.200. The van der Waals surface area contributed by atoms with Crippen molar-refractivity contribution in [1.82, 2.24) is 10.3 Å². The third kappa shape index (κ3) is 4.57. The summed E-state index contributed by atoms with van der Waals surface area (Å²) in [6, 6.07) is 13.7. The molecule has 1 amide bonds. The zero-order valence-corrected chi connectivity index (χ0v) is 18.3. The van der Waals surface area contributed by atoms with Crippen LogP contribution in [0.1, 0.15) is 25.3 Å². The number of hydrogen-bond donors (Lipinski definition) is 1. The smallest absolute Gasteiger partial charge is 0.309 e. The van der Waals surface area contributed by atoms with E-state index in [0.29, 0.717) is 50.0 Å². The molecule has 9 nitrogen and oxygen atoms in total. The second-order valence-electron chi connectivity index (χ2n) is 8.21. The van der Waals surface area contributed by atoms with Crippen molar-refractivity contribution in [3.63, 3.8) is 0 Å². The number of amides is 1. The van der Waals surface area contributed by atoms with Crippen LogP contribution in [0.5, 0.6) is 11.5 Å². The molecule has 0 radical (unpaired) electrons. The number of benzene rings is 2. The molecular weight excluding hydrogens is 426 g/mol. The molecule has 3 heterocycles. The van der Waals surface area contributed by atoms with Crippen molar-refractivity contribution in [1.29, 1.82) is 0 Å². The number of rotatable bonds is 6. The van der Waals surface area contributed by atoms with Crippen LogP contribution in [0.15, 0.2) is 46.9 Å². The van der Waals surface area contributed by atoms with E-state index in [1.165, 1.54) is 0 Å². The largest absolute Gasteiger partial charge is 0.454 e. The van der Waals surface area contributed by atoms with Gasteiger partial charge in [0.25, 0.3) is 11.9 Å². The van der Waals surface area contributed by atoms with Gasteiger partial charge in [0.05, 0.1) is 5.92 Å². The number of hydrogen-bond acceptors (Lipinski definition) is 8. The van der Waals surface area contributed by atoms with E-state index in [1.54, 1.807) is 13.0 Å². The molecule has 1 aromatic heterocycles. The molecule has 0 spiro atoms. The van der Waals surface area contributed by atoms with E-state index in [9.17, 15) is 9.59 Å². The fraction of sp³-hybridized carbons (Fsp3) is 0.375. The first-order valence-electron chi connectivity index (χ1n) is 11.0. The molecule has 1 unspecified atom stereocenters. The summed E-state index contributed by atoms with van der Waals surface area (Å²) >= 11 is 0. The number of fused-ring (bicyclic) bond motifs is 2. The number of oxazole rings is 1. The Bertz CT molecular complexity index is 1130. The Labute approximate surface area is 190 Å². The lowest BCUT2D eigenvalue weighted by Crippen LogP contribution is -2.40. The van der Waals surface area contributed by atoms with Gasteiger partial charge in [0.2, 0.25) is 6.79 Å². The lowest BCUT2D eigenvalue weighted by atomic mass is 9.97. The highest BCUT2D eigenvalue weighted by atomic mass is 16.7. The highest BCUT2D eigenvalue weighted by Gasteiger charge is 2.30. The fourth-order valence-electron chi connectivity index (χ4n) is 4.01. The molecule has 3 aromatic rings. The maximum Gasteiger partial charge on any atom is 0.309 e. The van der Waals surface area contributed by atoms with Crippen molar-refractivity contribution in [3.8, 4) is 11.5 Å². The Morgan fingerprint density at radius 2 is 1.94 bits per heavy atom. The molecule has 2 aromatic carbocycles. The number of esters is 1. The lowest BCUT2D eigenvalue weighted by Gasteiger charge is -2.30. The summed E-state index contributed by atoms with van der Waals surface area (Å²) < 4.78 is 21.9. The van der Waals surface area contributed by atoms with Gasteiger partial charge in [0.1, 0.15) is 5.52 Å². The zero-order chi connectivity index (χ0) is 22.8. The molecule has 5 rings (SSSR count). The van der Waals surface area contributed by atoms with Gasteiger partial charge in [-0.25, -0.2) is 0 Å². The lowest BCUT2D eigenvalue weighted by molar-refractivity contribution is -0.159. The Kier molecular flexibility index (Phi) is 5.77. The third-order valence-corrected chi connectivity index (χ3v) is 5.95. The van der Waals surface area contributed by atoms with E-state index in [4.69, 9.17) is 18.6 Å². The summed E-state index contributed by atoms with van der Waals surface area (Å²) in [6.07, 6.45) is 0.355. The summed E-state index contributed by atoms with van der Waals surface area (Å²) in [5.74, 6) is 0.401. The number of nitrogens with zero attached hydrogens (tertiary/aromatic N) is 2. The number of anilines is 1. The van der Waals surface area contributed by atoms with Crippen LogP contribution in [-0.4, -0.2) is 42.8 Å². The monoisotopic (exact) mass is 451 g/mol. The van der Waals surface area contributed by atoms with Crippen molar-refractivity contribution < 1.29 is 28.2 Å². The summed E-state index contributed by atoms with van der Waals surface area (Å²) in [7, 11) is 0. The molecule has 1 saturated heterocycles. The standard InChI is InChI=1S/C24H25N3O6/c1-15(22(28)25-13-16-6-7-20-21(12-16)31-14-30-20)32-23(29)17-8-10-27(11-9-17)24-26-18-4-2-3-5-19(18)33-24/h2-7,12,15,17H,8-11,13-14H2,1H3,(H,25,28). The molecule has 9 heteroatoms. The number of ether oxygens (including phenoxy) is 3. The maximum absolute atomic E-state index is 12.6. The van der Waals surface area contributed by atoms with E-state index in [2.05, 4.69) is 10.3 Å². The SMILES string of the molecule is CC(OC(=O)C1CCN(c2nc3ccccc3o2)CC1)C(=O)NCc1ccc2c(c1)OCO2. The predicted octanol–water partition coefficient (Wildman–Crippen LogP) is 3.02. The number of nitrogens with one attached hydrogen (secondary N) is 1. The minimum Gasteiger partial charge on any atom is -0.454 e. The van der Waals surface area contributed by atoms with Crippen LogP contribution < -0.4 is 19.7 Å². The average molecular weight is 451 g/mol. The van der Waals surface area contributed by atoms with Crippen LogP contribution in [0, 0.1) is 5.92 Å². The van der Waals surface area contributed by atoms with Gasteiger partial charge in [-0.15, -0.1) is 0 Å². The third-order valence-electron chi connectivity index (χ3n) is 5.95. The first kappa shape index (κ1) is 21.1. The normalized spacial score (nSPS) is 16.6. The van der Waals surface area contributed by atoms with Gasteiger partial charge in [-0.1, -0.05) is 18.2 Å². The van der Waals surface area contributed by atoms with Crippen LogP contribution in [0.3, 0.4) is 0 Å². The van der Waals surface area contributed by atoms with Gasteiger partial charge in [-0.2, -0.15) is 4.98 Å². The van der Waals surface area contributed by atoms with Crippen molar-refractivity contribution in [2.45, 2.75) is 32.4 Å². The van der Waals surface area contributed by atoms with Gasteiger partial charge in [-0.3, -0.25) is 9.59 Å². The molecule has 1 N–H and O–H groups in total. The van der Waals surface area contributed by atoms with Gasteiger partial charge in [0, 0.05) is 19.6 Å². The van der Waals surface area contributed by atoms with Crippen molar-refractivity contribution >= 4 is 29.0 Å². The zero-order valence-electron chi connectivity index (χ0n) is 18.3. The summed E-state index contributed by atoms with van der Waals surface area (Å²) in [5.41, 5.74) is 2.43. The Morgan fingerprint density at radius 3 is 2.76 bits per heavy atom. The number of carbonyl (C=O) groups excluding carboxylic acids is 2. The first-order valence-corrected chi connectivity index (χ1v) is 11.0. The highest BCUT2D eigenvalue weighted by Crippen LogP contribution is 2.32. The van der Waals surface area contributed by atoms with Crippen LogP contribution in [-0.2, 0) is 20.9 Å². The topological polar surface area (TPSA) is 103 Å². The Morgan fingerprint density at radius 1 is 1.15 bits per heavy atom. The van der Waals surface area contributed by atoms with Crippen LogP contribution >= 0.6 is 0 Å². The van der Waals surface area contributed by atoms with E-state index < -0.39 is 6.10 Å². The van der Waals surface area contributed by atoms with E-state index in [0.717, 1.165) is 16.7 Å². The average Bonchev–Trinajstić information content (AvgIpc) is 3.49. The van der Waals surface area contributed by atoms with Gasteiger partial charge >= 0.3 is 5.97 Å². The molecule has 0 bridgehead atoms. The van der Waals surface area contributed by atoms with Crippen LogP contribution in [0.25, 0.3) is 11.1 Å². The molecule has 172 valence electrons. The van der Waals surface area contributed by atoms with Gasteiger partial charge in [-0.05, 0) is 49.6 Å². The predicted molar refractivity (Wildman–Crippen MR) is 119 cm³/mol. The number of aromatic nitrogens is 1. The fourth-order valence-corrected chi connectivity index (χ4v) is 4.01. The summed E-state index contributed by atoms with van der Waals surface area (Å²) in [6.45, 7) is 3.36. The quantitative estimate of drug-likeness (QED) is 0.571. The molecule has 1 fully saturated rings. The second kappa shape index (κ2) is 9.01. The molecule has 33 heavy (non-hydrogen) atoms. The van der Waals surface area contributed by atoms with E-state index >= 15 is 0 Å². The molecule has 1 atom stereocenters. The first-order chi connectivity index (χ1) is 16.1.